The van der Waals surface area contributed by atoms with Gasteiger partial charge in [-0.2, -0.15) is 0 Å². The summed E-state index contributed by atoms with van der Waals surface area (Å²) in [4.78, 5) is 5.27. The molecule has 0 saturated heterocycles. The SMILES string of the molecule is COC1(C2=NOC(CCl)C2)CCCCC1. The Morgan fingerprint density at radius 2 is 2.20 bits per heavy atom. The fourth-order valence-corrected chi connectivity index (χ4v) is 2.68. The lowest BCUT2D eigenvalue weighted by molar-refractivity contribution is 0.0174. The Bertz CT molecular complexity index is 249. The number of hydrogen-bond acceptors (Lipinski definition) is 3. The quantitative estimate of drug-likeness (QED) is 0.700. The summed E-state index contributed by atoms with van der Waals surface area (Å²) in [6, 6.07) is 0. The van der Waals surface area contributed by atoms with Crippen LogP contribution in [-0.4, -0.2) is 30.4 Å². The van der Waals surface area contributed by atoms with Crippen molar-refractivity contribution in [3.63, 3.8) is 0 Å². The topological polar surface area (TPSA) is 30.8 Å². The molecule has 2 rings (SSSR count). The van der Waals surface area contributed by atoms with Crippen LogP contribution in [0.5, 0.6) is 0 Å². The number of methoxy groups -OCH3 is 1. The van der Waals surface area contributed by atoms with E-state index < -0.39 is 0 Å². The van der Waals surface area contributed by atoms with Crippen molar-refractivity contribution in [2.45, 2.75) is 50.2 Å². The zero-order valence-electron chi connectivity index (χ0n) is 9.17. The third-order valence-electron chi connectivity index (χ3n) is 3.48. The van der Waals surface area contributed by atoms with Crippen molar-refractivity contribution in [1.29, 1.82) is 0 Å². The van der Waals surface area contributed by atoms with Crippen molar-refractivity contribution in [3.05, 3.63) is 0 Å². The molecule has 0 aromatic heterocycles. The number of ether oxygens (including phenoxy) is 1. The van der Waals surface area contributed by atoms with Gasteiger partial charge in [-0.25, -0.2) is 0 Å². The molecule has 1 fully saturated rings. The van der Waals surface area contributed by atoms with Crippen molar-refractivity contribution >= 4 is 17.3 Å². The van der Waals surface area contributed by atoms with Crippen LogP contribution in [0.1, 0.15) is 38.5 Å². The van der Waals surface area contributed by atoms with E-state index in [2.05, 4.69) is 5.16 Å². The highest BCUT2D eigenvalue weighted by molar-refractivity contribution is 6.18. The van der Waals surface area contributed by atoms with E-state index in [1.54, 1.807) is 7.11 Å². The van der Waals surface area contributed by atoms with Crippen LogP contribution >= 0.6 is 11.6 Å². The number of rotatable bonds is 3. The van der Waals surface area contributed by atoms with E-state index in [0.717, 1.165) is 25.0 Å². The molecule has 15 heavy (non-hydrogen) atoms. The molecule has 1 heterocycles. The van der Waals surface area contributed by atoms with Gasteiger partial charge in [0.15, 0.2) is 0 Å². The van der Waals surface area contributed by atoms with E-state index in [1.807, 2.05) is 0 Å². The van der Waals surface area contributed by atoms with E-state index in [1.165, 1.54) is 19.3 Å². The lowest BCUT2D eigenvalue weighted by Crippen LogP contribution is -2.42. The van der Waals surface area contributed by atoms with Crippen LogP contribution in [0.25, 0.3) is 0 Å². The van der Waals surface area contributed by atoms with Crippen LogP contribution in [-0.2, 0) is 9.57 Å². The molecule has 0 aromatic carbocycles. The second kappa shape index (κ2) is 4.71. The minimum atomic E-state index is -0.154. The van der Waals surface area contributed by atoms with Crippen molar-refractivity contribution in [1.82, 2.24) is 0 Å². The molecule has 3 nitrogen and oxygen atoms in total. The summed E-state index contributed by atoms with van der Waals surface area (Å²) in [5.41, 5.74) is 0.911. The normalized spacial score (nSPS) is 29.7. The van der Waals surface area contributed by atoms with Gasteiger partial charge in [-0.3, -0.25) is 0 Å². The van der Waals surface area contributed by atoms with Crippen LogP contribution in [0.2, 0.25) is 0 Å². The molecule has 86 valence electrons. The Kier molecular flexibility index (Phi) is 3.52. The largest absolute Gasteiger partial charge is 0.391 e. The minimum absolute atomic E-state index is 0.0515. The molecule has 0 bridgehead atoms. The van der Waals surface area contributed by atoms with Crippen molar-refractivity contribution < 1.29 is 9.57 Å². The standard InChI is InChI=1S/C11H18ClNO2/c1-14-11(5-3-2-4-6-11)10-7-9(8-12)15-13-10/h9H,2-8H2,1H3. The van der Waals surface area contributed by atoms with Gasteiger partial charge in [0.25, 0.3) is 0 Å². The van der Waals surface area contributed by atoms with Gasteiger partial charge in [-0.05, 0) is 12.8 Å². The Hall–Kier alpha value is -0.280. The third kappa shape index (κ3) is 2.13. The summed E-state index contributed by atoms with van der Waals surface area (Å²) in [6.45, 7) is 0. The molecule has 1 aliphatic heterocycles. The Morgan fingerprint density at radius 3 is 2.73 bits per heavy atom. The number of alkyl halides is 1. The second-order valence-corrected chi connectivity index (χ2v) is 4.69. The molecule has 0 amide bonds. The average molecular weight is 232 g/mol. The van der Waals surface area contributed by atoms with Crippen LogP contribution in [0.3, 0.4) is 0 Å². The average Bonchev–Trinajstić information content (AvgIpc) is 2.79. The highest BCUT2D eigenvalue weighted by atomic mass is 35.5. The first-order valence-corrected chi connectivity index (χ1v) is 6.18. The predicted molar refractivity (Wildman–Crippen MR) is 60.5 cm³/mol. The highest BCUT2D eigenvalue weighted by Gasteiger charge is 2.41. The first-order valence-electron chi connectivity index (χ1n) is 5.65. The fourth-order valence-electron chi connectivity index (χ4n) is 2.51. The Labute approximate surface area is 95.8 Å². The smallest absolute Gasteiger partial charge is 0.146 e. The highest BCUT2D eigenvalue weighted by Crippen LogP contribution is 2.35. The van der Waals surface area contributed by atoms with Crippen molar-refractivity contribution in [2.24, 2.45) is 5.16 Å². The zero-order valence-corrected chi connectivity index (χ0v) is 9.92. The summed E-state index contributed by atoms with van der Waals surface area (Å²) >= 11 is 5.76. The fraction of sp³-hybridized carbons (Fsp3) is 0.909. The monoisotopic (exact) mass is 231 g/mol. The van der Waals surface area contributed by atoms with Gasteiger partial charge in [0.1, 0.15) is 11.7 Å². The minimum Gasteiger partial charge on any atom is -0.391 e. The predicted octanol–water partition coefficient (Wildman–Crippen LogP) is 2.72. The lowest BCUT2D eigenvalue weighted by atomic mass is 9.79. The van der Waals surface area contributed by atoms with Crippen molar-refractivity contribution in [2.75, 3.05) is 13.0 Å². The summed E-state index contributed by atoms with van der Waals surface area (Å²) < 4.78 is 5.70. The maximum atomic E-state index is 5.76. The van der Waals surface area contributed by atoms with Gasteiger partial charge in [0, 0.05) is 13.5 Å². The van der Waals surface area contributed by atoms with Gasteiger partial charge >= 0.3 is 0 Å². The number of oxime groups is 1. The third-order valence-corrected chi connectivity index (χ3v) is 3.83. The molecular formula is C11H18ClNO2. The molecule has 1 unspecified atom stereocenters. The van der Waals surface area contributed by atoms with Crippen LogP contribution in [0.15, 0.2) is 5.16 Å². The van der Waals surface area contributed by atoms with Gasteiger partial charge in [-0.1, -0.05) is 24.4 Å². The summed E-state index contributed by atoms with van der Waals surface area (Å²) in [5.74, 6) is 0.507. The van der Waals surface area contributed by atoms with E-state index in [0.29, 0.717) is 5.88 Å². The molecule has 2 aliphatic rings. The first-order chi connectivity index (χ1) is 7.30. The van der Waals surface area contributed by atoms with Crippen LogP contribution in [0, 0.1) is 0 Å². The van der Waals surface area contributed by atoms with Gasteiger partial charge in [-0.15, -0.1) is 11.6 Å². The molecule has 0 aromatic rings. The summed E-state index contributed by atoms with van der Waals surface area (Å²) in [7, 11) is 1.78. The van der Waals surface area contributed by atoms with E-state index in [4.69, 9.17) is 21.2 Å². The van der Waals surface area contributed by atoms with Gasteiger partial charge in [0.2, 0.25) is 0 Å². The van der Waals surface area contributed by atoms with Crippen LogP contribution in [0.4, 0.5) is 0 Å². The molecule has 0 spiro atoms. The van der Waals surface area contributed by atoms with E-state index in [9.17, 15) is 0 Å². The summed E-state index contributed by atoms with van der Waals surface area (Å²) in [6.07, 6.45) is 6.77. The van der Waals surface area contributed by atoms with Gasteiger partial charge < -0.3 is 9.57 Å². The molecule has 4 heteroatoms. The van der Waals surface area contributed by atoms with Gasteiger partial charge in [0.05, 0.1) is 11.6 Å². The molecule has 1 saturated carbocycles. The molecular weight excluding hydrogens is 214 g/mol. The lowest BCUT2D eigenvalue weighted by Gasteiger charge is -2.35. The molecule has 1 atom stereocenters. The number of hydrogen-bond donors (Lipinski definition) is 0. The number of halogens is 1. The second-order valence-electron chi connectivity index (χ2n) is 4.38. The number of nitrogens with zero attached hydrogens (tertiary/aromatic N) is 1. The van der Waals surface area contributed by atoms with E-state index >= 15 is 0 Å². The summed E-state index contributed by atoms with van der Waals surface area (Å²) in [5, 5.41) is 4.16. The first kappa shape index (κ1) is 11.2. The molecule has 0 N–H and O–H groups in total. The Balaban J connectivity index is 2.06. The van der Waals surface area contributed by atoms with Crippen LogP contribution < -0.4 is 0 Å². The maximum absolute atomic E-state index is 5.76. The van der Waals surface area contributed by atoms with Crippen molar-refractivity contribution in [3.8, 4) is 0 Å². The van der Waals surface area contributed by atoms with E-state index in [-0.39, 0.29) is 11.7 Å². The maximum Gasteiger partial charge on any atom is 0.146 e. The zero-order chi connectivity index (χ0) is 10.7. The molecule has 0 radical (unpaired) electrons. The molecule has 1 aliphatic carbocycles. The Morgan fingerprint density at radius 1 is 1.47 bits per heavy atom.